The lowest BCUT2D eigenvalue weighted by Crippen LogP contribution is -1.93. The normalized spacial score (nSPS) is 13.1. The average Bonchev–Trinajstić information content (AvgIpc) is 2.98. The summed E-state index contributed by atoms with van der Waals surface area (Å²) in [6.07, 6.45) is 2.15. The van der Waals surface area contributed by atoms with Crippen LogP contribution in [-0.2, 0) is 0 Å². The van der Waals surface area contributed by atoms with E-state index in [9.17, 15) is 0 Å². The van der Waals surface area contributed by atoms with E-state index in [1.165, 1.54) is 27.6 Å². The van der Waals surface area contributed by atoms with Crippen LogP contribution in [0.5, 0.6) is 0 Å². The van der Waals surface area contributed by atoms with Gasteiger partial charge in [-0.3, -0.25) is 0 Å². The summed E-state index contributed by atoms with van der Waals surface area (Å²) in [6.45, 7) is 4.45. The summed E-state index contributed by atoms with van der Waals surface area (Å²) in [6, 6.07) is 15.0. The van der Waals surface area contributed by atoms with Crippen molar-refractivity contribution in [1.82, 2.24) is 4.98 Å². The molecule has 0 bridgehead atoms. The van der Waals surface area contributed by atoms with Gasteiger partial charge in [-0.2, -0.15) is 23.8 Å². The molecule has 0 aliphatic heterocycles. The standard InChI is InChI=1S/C16H16N/c1-11-6-5-9-15-16(11)14(10-17-15)12(2)13-7-3-4-8-13/h3-10,12,17H,1-2H3/q-1. The number of rotatable bonds is 2. The molecule has 1 heterocycles. The van der Waals surface area contributed by atoms with Crippen LogP contribution in [-0.4, -0.2) is 4.98 Å². The minimum atomic E-state index is 0.444. The number of aryl methyl sites for hydroxylation is 1. The third kappa shape index (κ3) is 1.59. The van der Waals surface area contributed by atoms with Crippen molar-refractivity contribution in [2.45, 2.75) is 19.8 Å². The molecule has 1 N–H and O–H groups in total. The van der Waals surface area contributed by atoms with Crippen molar-refractivity contribution < 1.29 is 0 Å². The van der Waals surface area contributed by atoms with Crippen LogP contribution in [0.15, 0.2) is 48.7 Å². The van der Waals surface area contributed by atoms with E-state index in [0.29, 0.717) is 5.92 Å². The van der Waals surface area contributed by atoms with Crippen LogP contribution >= 0.6 is 0 Å². The molecule has 1 nitrogen and oxygen atoms in total. The van der Waals surface area contributed by atoms with Gasteiger partial charge >= 0.3 is 0 Å². The maximum absolute atomic E-state index is 3.37. The molecular formula is C16H16N-. The van der Waals surface area contributed by atoms with Gasteiger partial charge in [-0.15, -0.1) is 0 Å². The quantitative estimate of drug-likeness (QED) is 0.620. The molecule has 17 heavy (non-hydrogen) atoms. The summed E-state index contributed by atoms with van der Waals surface area (Å²) < 4.78 is 0. The van der Waals surface area contributed by atoms with Crippen molar-refractivity contribution >= 4 is 10.9 Å². The molecular weight excluding hydrogens is 206 g/mol. The van der Waals surface area contributed by atoms with Crippen LogP contribution in [0.2, 0.25) is 0 Å². The van der Waals surface area contributed by atoms with Crippen molar-refractivity contribution in [3.8, 4) is 0 Å². The monoisotopic (exact) mass is 222 g/mol. The maximum atomic E-state index is 3.37. The van der Waals surface area contributed by atoms with Gasteiger partial charge in [0.2, 0.25) is 0 Å². The first-order chi connectivity index (χ1) is 8.27. The van der Waals surface area contributed by atoms with E-state index in [1.807, 2.05) is 0 Å². The van der Waals surface area contributed by atoms with Gasteiger partial charge in [0.25, 0.3) is 0 Å². The first-order valence-corrected chi connectivity index (χ1v) is 6.05. The molecule has 0 radical (unpaired) electrons. The van der Waals surface area contributed by atoms with Gasteiger partial charge in [-0.25, -0.2) is 6.07 Å². The Labute approximate surface area is 101 Å². The topological polar surface area (TPSA) is 15.8 Å². The first kappa shape index (κ1) is 10.3. The fourth-order valence-corrected chi connectivity index (χ4v) is 2.60. The molecule has 0 spiro atoms. The lowest BCUT2D eigenvalue weighted by molar-refractivity contribution is 0.937. The van der Waals surface area contributed by atoms with Crippen LogP contribution in [0.4, 0.5) is 0 Å². The van der Waals surface area contributed by atoms with Crippen molar-refractivity contribution in [3.63, 3.8) is 0 Å². The van der Waals surface area contributed by atoms with Gasteiger partial charge in [-0.1, -0.05) is 19.1 Å². The fraction of sp³-hybridized carbons (Fsp3) is 0.188. The summed E-state index contributed by atoms with van der Waals surface area (Å²) >= 11 is 0. The Bertz CT molecular complexity index is 629. The third-order valence-corrected chi connectivity index (χ3v) is 3.60. The molecule has 0 fully saturated rings. The summed E-state index contributed by atoms with van der Waals surface area (Å²) in [4.78, 5) is 3.37. The first-order valence-electron chi connectivity index (χ1n) is 6.05. The van der Waals surface area contributed by atoms with Crippen molar-refractivity contribution in [2.75, 3.05) is 0 Å². The van der Waals surface area contributed by atoms with E-state index in [1.54, 1.807) is 0 Å². The number of H-pyrrole nitrogens is 1. The zero-order valence-electron chi connectivity index (χ0n) is 10.2. The van der Waals surface area contributed by atoms with E-state index in [0.717, 1.165) is 0 Å². The summed E-state index contributed by atoms with van der Waals surface area (Å²) in [5, 5.41) is 1.38. The highest BCUT2D eigenvalue weighted by atomic mass is 14.7. The highest BCUT2D eigenvalue weighted by Gasteiger charge is 2.10. The predicted molar refractivity (Wildman–Crippen MR) is 72.6 cm³/mol. The largest absolute Gasteiger partial charge is 0.361 e. The lowest BCUT2D eigenvalue weighted by atomic mass is 9.93. The molecule has 0 saturated carbocycles. The summed E-state index contributed by atoms with van der Waals surface area (Å²) in [7, 11) is 0. The smallest absolute Gasteiger partial charge is 0.0459 e. The van der Waals surface area contributed by atoms with Crippen LogP contribution in [0.3, 0.4) is 0 Å². The summed E-state index contributed by atoms with van der Waals surface area (Å²) in [5.74, 6) is 0.444. The molecule has 0 aliphatic carbocycles. The van der Waals surface area contributed by atoms with Crippen LogP contribution in [0.25, 0.3) is 10.9 Å². The second-order valence-corrected chi connectivity index (χ2v) is 4.68. The van der Waals surface area contributed by atoms with Crippen molar-refractivity contribution in [1.29, 1.82) is 0 Å². The average molecular weight is 222 g/mol. The molecule has 1 atom stereocenters. The molecule has 3 rings (SSSR count). The Balaban J connectivity index is 2.18. The van der Waals surface area contributed by atoms with E-state index in [4.69, 9.17) is 0 Å². The second-order valence-electron chi connectivity index (χ2n) is 4.68. The minimum absolute atomic E-state index is 0.444. The van der Waals surface area contributed by atoms with Crippen molar-refractivity contribution in [3.05, 3.63) is 65.4 Å². The molecule has 0 amide bonds. The number of nitrogens with one attached hydrogen (secondary N) is 1. The van der Waals surface area contributed by atoms with Gasteiger partial charge < -0.3 is 4.98 Å². The Morgan fingerprint density at radius 2 is 2.12 bits per heavy atom. The zero-order chi connectivity index (χ0) is 11.8. The second kappa shape index (κ2) is 3.85. The molecule has 1 unspecified atom stereocenters. The fourth-order valence-electron chi connectivity index (χ4n) is 2.60. The number of aromatic amines is 1. The van der Waals surface area contributed by atoms with Gasteiger partial charge in [0.15, 0.2) is 0 Å². The molecule has 0 saturated heterocycles. The Morgan fingerprint density at radius 3 is 2.88 bits per heavy atom. The summed E-state index contributed by atoms with van der Waals surface area (Å²) in [5.41, 5.74) is 5.36. The third-order valence-electron chi connectivity index (χ3n) is 3.60. The highest BCUT2D eigenvalue weighted by molar-refractivity contribution is 5.87. The predicted octanol–water partition coefficient (Wildman–Crippen LogP) is 4.35. The van der Waals surface area contributed by atoms with E-state index >= 15 is 0 Å². The van der Waals surface area contributed by atoms with E-state index in [2.05, 4.69) is 67.5 Å². The van der Waals surface area contributed by atoms with Gasteiger partial charge in [-0.05, 0) is 30.0 Å². The number of aromatic nitrogens is 1. The number of benzene rings is 1. The van der Waals surface area contributed by atoms with Crippen LogP contribution in [0, 0.1) is 6.92 Å². The number of fused-ring (bicyclic) bond motifs is 1. The number of hydrogen-bond donors (Lipinski definition) is 1. The Hall–Kier alpha value is -1.89. The van der Waals surface area contributed by atoms with Crippen LogP contribution in [0.1, 0.15) is 29.5 Å². The lowest BCUT2D eigenvalue weighted by Gasteiger charge is -2.15. The molecule has 1 aromatic heterocycles. The maximum Gasteiger partial charge on any atom is 0.0459 e. The van der Waals surface area contributed by atoms with Gasteiger partial charge in [0.1, 0.15) is 0 Å². The SMILES string of the molecule is Cc1cccc2[nH]cc(C(C)c3cc[cH-]c3)c12. The van der Waals surface area contributed by atoms with E-state index < -0.39 is 0 Å². The van der Waals surface area contributed by atoms with Gasteiger partial charge in [0, 0.05) is 17.1 Å². The molecule has 2 aromatic carbocycles. The highest BCUT2D eigenvalue weighted by Crippen LogP contribution is 2.32. The van der Waals surface area contributed by atoms with Crippen LogP contribution < -0.4 is 0 Å². The van der Waals surface area contributed by atoms with Gasteiger partial charge in [0.05, 0.1) is 0 Å². The number of hydrogen-bond acceptors (Lipinski definition) is 0. The minimum Gasteiger partial charge on any atom is -0.361 e. The Morgan fingerprint density at radius 1 is 1.24 bits per heavy atom. The molecule has 3 aromatic rings. The van der Waals surface area contributed by atoms with E-state index in [-0.39, 0.29) is 0 Å². The molecule has 86 valence electrons. The Kier molecular flexibility index (Phi) is 2.32. The molecule has 0 aliphatic rings. The zero-order valence-corrected chi connectivity index (χ0v) is 10.2. The molecule has 1 heteroatoms. The van der Waals surface area contributed by atoms with Crippen molar-refractivity contribution in [2.24, 2.45) is 0 Å².